The summed E-state index contributed by atoms with van der Waals surface area (Å²) < 4.78 is 1.02. The molecule has 1 unspecified atom stereocenters. The summed E-state index contributed by atoms with van der Waals surface area (Å²) in [5.74, 6) is -1.32. The lowest BCUT2D eigenvalue weighted by atomic mass is 10.1. The van der Waals surface area contributed by atoms with Crippen molar-refractivity contribution in [2.24, 2.45) is 0 Å². The number of para-hydroxylation sites is 1. The van der Waals surface area contributed by atoms with Crippen LogP contribution < -0.4 is 10.5 Å². The van der Waals surface area contributed by atoms with E-state index < -0.39 is 11.5 Å². The highest BCUT2D eigenvalue weighted by Crippen LogP contribution is 2.32. The molecule has 1 atom stereocenters. The number of amides is 1. The number of rotatable bonds is 4. The predicted octanol–water partition coefficient (Wildman–Crippen LogP) is 1.31. The van der Waals surface area contributed by atoms with E-state index >= 15 is 0 Å². The Balaban J connectivity index is 1.92. The molecule has 2 aromatic rings. The van der Waals surface area contributed by atoms with Crippen LogP contribution >= 0.6 is 0 Å². The van der Waals surface area contributed by atoms with Crippen molar-refractivity contribution in [2.75, 3.05) is 4.90 Å². The van der Waals surface area contributed by atoms with Gasteiger partial charge in [0.15, 0.2) is 0 Å². The van der Waals surface area contributed by atoms with Crippen LogP contribution in [0.1, 0.15) is 29.4 Å². The molecule has 1 aliphatic heterocycles. The topological polar surface area (TPSA) is 92.5 Å². The SMILES string of the molecule is CC1Cc2ccccc2N1C(=O)c1ccc(=O)n(CCC(=O)O)n1. The maximum atomic E-state index is 12.9. The number of aryl methyl sites for hydroxylation is 1. The van der Waals surface area contributed by atoms with Crippen molar-refractivity contribution in [2.45, 2.75) is 32.4 Å². The normalized spacial score (nSPS) is 16.0. The molecule has 7 heteroatoms. The van der Waals surface area contributed by atoms with Crippen molar-refractivity contribution in [3.63, 3.8) is 0 Å². The van der Waals surface area contributed by atoms with E-state index in [4.69, 9.17) is 5.11 Å². The number of hydrogen-bond donors (Lipinski definition) is 1. The van der Waals surface area contributed by atoms with Gasteiger partial charge in [0.05, 0.1) is 13.0 Å². The predicted molar refractivity (Wildman–Crippen MR) is 87.2 cm³/mol. The van der Waals surface area contributed by atoms with Crippen molar-refractivity contribution in [3.8, 4) is 0 Å². The van der Waals surface area contributed by atoms with Crippen molar-refractivity contribution < 1.29 is 14.7 Å². The monoisotopic (exact) mass is 327 g/mol. The minimum atomic E-state index is -1.03. The number of nitrogens with zero attached hydrogens (tertiary/aromatic N) is 3. The van der Waals surface area contributed by atoms with Gasteiger partial charge in [-0.15, -0.1) is 0 Å². The average molecular weight is 327 g/mol. The number of carboxylic acids is 1. The van der Waals surface area contributed by atoms with Crippen LogP contribution in [0.15, 0.2) is 41.2 Å². The molecule has 2 heterocycles. The summed E-state index contributed by atoms with van der Waals surface area (Å²) in [4.78, 5) is 37.0. The quantitative estimate of drug-likeness (QED) is 0.914. The van der Waals surface area contributed by atoms with Crippen LogP contribution in [0.3, 0.4) is 0 Å². The molecule has 0 radical (unpaired) electrons. The van der Waals surface area contributed by atoms with E-state index in [0.717, 1.165) is 22.4 Å². The van der Waals surface area contributed by atoms with Crippen LogP contribution in [0.25, 0.3) is 0 Å². The molecule has 1 N–H and O–H groups in total. The first-order chi connectivity index (χ1) is 11.5. The molecule has 1 aromatic carbocycles. The average Bonchev–Trinajstić information content (AvgIpc) is 2.89. The Morgan fingerprint density at radius 1 is 1.25 bits per heavy atom. The van der Waals surface area contributed by atoms with Crippen LogP contribution in [0.5, 0.6) is 0 Å². The minimum Gasteiger partial charge on any atom is -0.481 e. The molecule has 24 heavy (non-hydrogen) atoms. The summed E-state index contributed by atoms with van der Waals surface area (Å²) in [7, 11) is 0. The van der Waals surface area contributed by atoms with Crippen molar-refractivity contribution in [1.29, 1.82) is 0 Å². The first kappa shape index (κ1) is 15.9. The Labute approximate surface area is 138 Å². The zero-order valence-corrected chi connectivity index (χ0v) is 13.2. The van der Waals surface area contributed by atoms with Gasteiger partial charge in [0, 0.05) is 17.8 Å². The van der Waals surface area contributed by atoms with E-state index in [1.54, 1.807) is 4.90 Å². The zero-order chi connectivity index (χ0) is 17.3. The molecule has 0 saturated carbocycles. The van der Waals surface area contributed by atoms with E-state index in [0.29, 0.717) is 0 Å². The molecule has 1 aliphatic rings. The van der Waals surface area contributed by atoms with Crippen molar-refractivity contribution in [3.05, 3.63) is 58.0 Å². The summed E-state index contributed by atoms with van der Waals surface area (Å²) in [5, 5.41) is 12.8. The van der Waals surface area contributed by atoms with Gasteiger partial charge in [-0.1, -0.05) is 18.2 Å². The van der Waals surface area contributed by atoms with Gasteiger partial charge in [0.1, 0.15) is 5.69 Å². The number of carboxylic acid groups (broad SMARTS) is 1. The largest absolute Gasteiger partial charge is 0.481 e. The number of fused-ring (bicyclic) bond motifs is 1. The summed E-state index contributed by atoms with van der Waals surface area (Å²) in [6.45, 7) is 1.89. The van der Waals surface area contributed by atoms with Crippen LogP contribution in [0, 0.1) is 0 Å². The van der Waals surface area contributed by atoms with E-state index in [1.807, 2.05) is 31.2 Å². The standard InChI is InChI=1S/C17H17N3O4/c1-11-10-12-4-2-3-5-14(12)20(11)17(24)13-6-7-15(21)19(18-13)9-8-16(22)23/h2-7,11H,8-10H2,1H3,(H,22,23). The minimum absolute atomic E-state index is 0.00361. The molecule has 124 valence electrons. The fourth-order valence-corrected chi connectivity index (χ4v) is 2.92. The summed E-state index contributed by atoms with van der Waals surface area (Å²) in [6.07, 6.45) is 0.536. The van der Waals surface area contributed by atoms with E-state index in [1.165, 1.54) is 12.1 Å². The molecule has 1 aromatic heterocycles. The second-order valence-electron chi connectivity index (χ2n) is 5.78. The molecule has 0 aliphatic carbocycles. The lowest BCUT2D eigenvalue weighted by molar-refractivity contribution is -0.137. The second kappa shape index (κ2) is 6.27. The van der Waals surface area contributed by atoms with Crippen molar-refractivity contribution >= 4 is 17.6 Å². The summed E-state index contributed by atoms with van der Waals surface area (Å²) in [6, 6.07) is 10.3. The first-order valence-corrected chi connectivity index (χ1v) is 7.69. The van der Waals surface area contributed by atoms with Gasteiger partial charge in [0.25, 0.3) is 11.5 Å². The molecule has 7 nitrogen and oxygen atoms in total. The van der Waals surface area contributed by atoms with Gasteiger partial charge in [0.2, 0.25) is 0 Å². The number of aliphatic carboxylic acids is 1. The highest BCUT2D eigenvalue weighted by Gasteiger charge is 2.32. The van der Waals surface area contributed by atoms with E-state index in [-0.39, 0.29) is 30.6 Å². The number of carbonyl (C=O) groups is 2. The Hall–Kier alpha value is -2.96. The third kappa shape index (κ3) is 2.92. The maximum Gasteiger partial charge on any atom is 0.305 e. The van der Waals surface area contributed by atoms with Gasteiger partial charge in [-0.25, -0.2) is 4.68 Å². The number of benzene rings is 1. The highest BCUT2D eigenvalue weighted by atomic mass is 16.4. The Morgan fingerprint density at radius 3 is 2.75 bits per heavy atom. The smallest absolute Gasteiger partial charge is 0.305 e. The number of anilines is 1. The Kier molecular flexibility index (Phi) is 4.16. The zero-order valence-electron chi connectivity index (χ0n) is 13.2. The van der Waals surface area contributed by atoms with Crippen LogP contribution in [-0.2, 0) is 17.8 Å². The number of carbonyl (C=O) groups excluding carboxylic acids is 1. The van der Waals surface area contributed by atoms with Gasteiger partial charge >= 0.3 is 5.97 Å². The fraction of sp³-hybridized carbons (Fsp3) is 0.294. The molecule has 0 fully saturated rings. The lowest BCUT2D eigenvalue weighted by Crippen LogP contribution is -2.37. The Bertz CT molecular complexity index is 859. The summed E-state index contributed by atoms with van der Waals surface area (Å²) in [5.41, 5.74) is 1.64. The van der Waals surface area contributed by atoms with Gasteiger partial charge in [-0.2, -0.15) is 5.10 Å². The molecule has 1 amide bonds. The molecular weight excluding hydrogens is 310 g/mol. The van der Waals surface area contributed by atoms with Gasteiger partial charge < -0.3 is 10.0 Å². The third-order valence-electron chi connectivity index (χ3n) is 4.05. The van der Waals surface area contributed by atoms with E-state index in [2.05, 4.69) is 5.10 Å². The van der Waals surface area contributed by atoms with Crippen LogP contribution in [0.4, 0.5) is 5.69 Å². The third-order valence-corrected chi connectivity index (χ3v) is 4.05. The highest BCUT2D eigenvalue weighted by molar-refractivity contribution is 6.06. The van der Waals surface area contributed by atoms with Crippen LogP contribution in [-0.4, -0.2) is 32.8 Å². The maximum absolute atomic E-state index is 12.9. The fourth-order valence-electron chi connectivity index (χ4n) is 2.92. The Morgan fingerprint density at radius 2 is 2.00 bits per heavy atom. The lowest BCUT2D eigenvalue weighted by Gasteiger charge is -2.22. The van der Waals surface area contributed by atoms with Gasteiger partial charge in [-0.05, 0) is 31.0 Å². The first-order valence-electron chi connectivity index (χ1n) is 7.69. The molecule has 0 spiro atoms. The second-order valence-corrected chi connectivity index (χ2v) is 5.78. The van der Waals surface area contributed by atoms with E-state index in [9.17, 15) is 14.4 Å². The molecule has 3 rings (SSSR count). The molecule has 0 bridgehead atoms. The van der Waals surface area contributed by atoms with Crippen LogP contribution in [0.2, 0.25) is 0 Å². The molecule has 0 saturated heterocycles. The van der Waals surface area contributed by atoms with Gasteiger partial charge in [-0.3, -0.25) is 14.4 Å². The summed E-state index contributed by atoms with van der Waals surface area (Å²) >= 11 is 0. The van der Waals surface area contributed by atoms with Crippen molar-refractivity contribution in [1.82, 2.24) is 9.78 Å². The number of aromatic nitrogens is 2. The molecular formula is C17H17N3O4. The number of hydrogen-bond acceptors (Lipinski definition) is 4.